The van der Waals surface area contributed by atoms with E-state index in [4.69, 9.17) is 4.74 Å². The first-order chi connectivity index (χ1) is 10.6. The Morgan fingerprint density at radius 2 is 2.05 bits per heavy atom. The van der Waals surface area contributed by atoms with Crippen LogP contribution in [0.5, 0.6) is 5.75 Å². The van der Waals surface area contributed by atoms with Crippen LogP contribution >= 0.6 is 0 Å². The van der Waals surface area contributed by atoms with Gasteiger partial charge in [0, 0.05) is 6.20 Å². The van der Waals surface area contributed by atoms with Crippen molar-refractivity contribution < 1.29 is 18.3 Å². The van der Waals surface area contributed by atoms with E-state index in [1.165, 1.54) is 24.4 Å². The van der Waals surface area contributed by atoms with Crippen LogP contribution in [-0.2, 0) is 0 Å². The number of benzene rings is 1. The van der Waals surface area contributed by atoms with Crippen LogP contribution in [0.1, 0.15) is 23.7 Å². The molecule has 0 aliphatic carbocycles. The molecule has 2 aromatic rings. The lowest BCUT2D eigenvalue weighted by Crippen LogP contribution is -2.35. The zero-order chi connectivity index (χ0) is 15.9. The molecule has 1 amide bonds. The number of hydrogen-bond donors (Lipinski definition) is 1. The van der Waals surface area contributed by atoms with Crippen molar-refractivity contribution >= 4 is 5.91 Å². The van der Waals surface area contributed by atoms with E-state index in [0.29, 0.717) is 6.42 Å². The van der Waals surface area contributed by atoms with Gasteiger partial charge in [0.05, 0.1) is 18.3 Å². The average Bonchev–Trinajstić information content (AvgIpc) is 2.53. The van der Waals surface area contributed by atoms with Gasteiger partial charge in [-0.05, 0) is 24.6 Å². The third-order valence-corrected chi connectivity index (χ3v) is 3.09. The van der Waals surface area contributed by atoms with Gasteiger partial charge in [0.25, 0.3) is 5.91 Å². The highest BCUT2D eigenvalue weighted by Gasteiger charge is 2.15. The van der Waals surface area contributed by atoms with Gasteiger partial charge >= 0.3 is 0 Å². The highest BCUT2D eigenvalue weighted by molar-refractivity contribution is 5.94. The molecule has 1 aromatic carbocycles. The lowest BCUT2D eigenvalue weighted by Gasteiger charge is -2.18. The van der Waals surface area contributed by atoms with Crippen molar-refractivity contribution in [3.63, 3.8) is 0 Å². The topological polar surface area (TPSA) is 51.2 Å². The zero-order valence-corrected chi connectivity index (χ0v) is 12.1. The lowest BCUT2D eigenvalue weighted by molar-refractivity contribution is 0.0920. The quantitative estimate of drug-likeness (QED) is 0.892. The first kappa shape index (κ1) is 15.9. The summed E-state index contributed by atoms with van der Waals surface area (Å²) in [7, 11) is 0. The molecule has 22 heavy (non-hydrogen) atoms. The standard InChI is InChI=1S/C16H16F2N2O2/c1-2-11(22-15-6-4-3-5-13(15)17)9-20-16(21)12-7-8-19-10-14(12)18/h3-8,10-11H,2,9H2,1H3,(H,20,21)/t11-/m0/s1. The number of nitrogens with zero attached hydrogens (tertiary/aromatic N) is 1. The van der Waals surface area contributed by atoms with E-state index in [2.05, 4.69) is 10.3 Å². The van der Waals surface area contributed by atoms with Crippen molar-refractivity contribution in [2.24, 2.45) is 0 Å². The molecule has 1 atom stereocenters. The number of rotatable bonds is 6. The first-order valence-corrected chi connectivity index (χ1v) is 6.90. The van der Waals surface area contributed by atoms with Crippen molar-refractivity contribution in [2.75, 3.05) is 6.54 Å². The first-order valence-electron chi connectivity index (χ1n) is 6.90. The van der Waals surface area contributed by atoms with Gasteiger partial charge in [0.1, 0.15) is 6.10 Å². The number of para-hydroxylation sites is 1. The summed E-state index contributed by atoms with van der Waals surface area (Å²) in [4.78, 5) is 15.5. The molecule has 6 heteroatoms. The summed E-state index contributed by atoms with van der Waals surface area (Å²) in [5, 5.41) is 2.58. The van der Waals surface area contributed by atoms with Crippen molar-refractivity contribution in [3.8, 4) is 5.75 Å². The Hall–Kier alpha value is -2.50. The summed E-state index contributed by atoms with van der Waals surface area (Å²) in [5.74, 6) is -1.59. The zero-order valence-electron chi connectivity index (χ0n) is 12.1. The number of pyridine rings is 1. The number of ether oxygens (including phenoxy) is 1. The van der Waals surface area contributed by atoms with Gasteiger partial charge in [0.15, 0.2) is 17.4 Å². The summed E-state index contributed by atoms with van der Waals surface area (Å²) in [6.45, 7) is 2.00. The van der Waals surface area contributed by atoms with Gasteiger partial charge in [0.2, 0.25) is 0 Å². The van der Waals surface area contributed by atoms with E-state index in [-0.39, 0.29) is 17.9 Å². The number of carbonyl (C=O) groups excluding carboxylic acids is 1. The van der Waals surface area contributed by atoms with Crippen LogP contribution in [0.2, 0.25) is 0 Å². The third kappa shape index (κ3) is 4.00. The van der Waals surface area contributed by atoms with Crippen LogP contribution in [0.3, 0.4) is 0 Å². The second-order valence-corrected chi connectivity index (χ2v) is 4.64. The number of amides is 1. The molecule has 0 aliphatic heterocycles. The van der Waals surface area contributed by atoms with Gasteiger partial charge in [-0.15, -0.1) is 0 Å². The maximum atomic E-state index is 13.5. The van der Waals surface area contributed by atoms with E-state index >= 15 is 0 Å². The van der Waals surface area contributed by atoms with Crippen LogP contribution in [0.15, 0.2) is 42.7 Å². The summed E-state index contributed by atoms with van der Waals surface area (Å²) in [5.41, 5.74) is -0.0873. The van der Waals surface area contributed by atoms with Gasteiger partial charge < -0.3 is 10.1 Å². The minimum atomic E-state index is -0.692. The highest BCUT2D eigenvalue weighted by Crippen LogP contribution is 2.17. The minimum absolute atomic E-state index is 0.0873. The molecule has 4 nitrogen and oxygen atoms in total. The summed E-state index contributed by atoms with van der Waals surface area (Å²) in [6, 6.07) is 7.34. The third-order valence-electron chi connectivity index (χ3n) is 3.09. The van der Waals surface area contributed by atoms with Crippen molar-refractivity contribution in [2.45, 2.75) is 19.4 Å². The average molecular weight is 306 g/mol. The lowest BCUT2D eigenvalue weighted by atomic mass is 10.2. The number of nitrogens with one attached hydrogen (secondary N) is 1. The molecule has 0 spiro atoms. The molecular formula is C16H16F2N2O2. The van der Waals surface area contributed by atoms with Crippen molar-refractivity contribution in [1.29, 1.82) is 0 Å². The van der Waals surface area contributed by atoms with Crippen LogP contribution in [0, 0.1) is 11.6 Å². The van der Waals surface area contributed by atoms with Crippen LogP contribution < -0.4 is 10.1 Å². The second-order valence-electron chi connectivity index (χ2n) is 4.64. The Kier molecular flexibility index (Phi) is 5.41. The smallest absolute Gasteiger partial charge is 0.254 e. The Morgan fingerprint density at radius 3 is 2.73 bits per heavy atom. The second kappa shape index (κ2) is 7.49. The van der Waals surface area contributed by atoms with Gasteiger partial charge in [-0.1, -0.05) is 19.1 Å². The Labute approximate surface area is 127 Å². The Bertz CT molecular complexity index is 650. The van der Waals surface area contributed by atoms with E-state index in [1.807, 2.05) is 6.92 Å². The van der Waals surface area contributed by atoms with Gasteiger partial charge in [-0.25, -0.2) is 8.78 Å². The number of carbonyl (C=O) groups is 1. The predicted octanol–water partition coefficient (Wildman–Crippen LogP) is 2.95. The van der Waals surface area contributed by atoms with Crippen LogP contribution in [0.25, 0.3) is 0 Å². The molecule has 0 saturated heterocycles. The molecule has 0 unspecified atom stereocenters. The fourth-order valence-electron chi connectivity index (χ4n) is 1.85. The predicted molar refractivity (Wildman–Crippen MR) is 77.6 cm³/mol. The molecular weight excluding hydrogens is 290 g/mol. The van der Waals surface area contributed by atoms with Crippen molar-refractivity contribution in [1.82, 2.24) is 10.3 Å². The van der Waals surface area contributed by atoms with E-state index in [0.717, 1.165) is 6.20 Å². The molecule has 116 valence electrons. The molecule has 2 rings (SSSR count). The fourth-order valence-corrected chi connectivity index (χ4v) is 1.85. The molecule has 1 heterocycles. The maximum Gasteiger partial charge on any atom is 0.254 e. The summed E-state index contributed by atoms with van der Waals surface area (Å²) >= 11 is 0. The highest BCUT2D eigenvalue weighted by atomic mass is 19.1. The van der Waals surface area contributed by atoms with Gasteiger partial charge in [-0.2, -0.15) is 0 Å². The Morgan fingerprint density at radius 1 is 1.27 bits per heavy atom. The summed E-state index contributed by atoms with van der Waals surface area (Å²) < 4.78 is 32.5. The number of aromatic nitrogens is 1. The van der Waals surface area contributed by atoms with Crippen LogP contribution in [-0.4, -0.2) is 23.5 Å². The van der Waals surface area contributed by atoms with Gasteiger partial charge in [-0.3, -0.25) is 9.78 Å². The monoisotopic (exact) mass is 306 g/mol. The number of hydrogen-bond acceptors (Lipinski definition) is 3. The molecule has 0 fully saturated rings. The minimum Gasteiger partial charge on any atom is -0.486 e. The van der Waals surface area contributed by atoms with Crippen LogP contribution in [0.4, 0.5) is 8.78 Å². The Balaban J connectivity index is 1.95. The van der Waals surface area contributed by atoms with Crippen molar-refractivity contribution in [3.05, 3.63) is 59.9 Å². The summed E-state index contributed by atoms with van der Waals surface area (Å²) in [6.07, 6.45) is 2.46. The molecule has 0 radical (unpaired) electrons. The van der Waals surface area contributed by atoms with E-state index in [9.17, 15) is 13.6 Å². The molecule has 0 aliphatic rings. The fraction of sp³-hybridized carbons (Fsp3) is 0.250. The molecule has 1 N–H and O–H groups in total. The maximum absolute atomic E-state index is 13.5. The van der Waals surface area contributed by atoms with E-state index < -0.39 is 23.6 Å². The molecule has 1 aromatic heterocycles. The molecule has 0 bridgehead atoms. The molecule has 0 saturated carbocycles. The normalized spacial score (nSPS) is 11.8. The van der Waals surface area contributed by atoms with E-state index in [1.54, 1.807) is 12.1 Å². The number of halogens is 2. The SMILES string of the molecule is CC[C@@H](CNC(=O)c1ccncc1F)Oc1ccccc1F. The largest absolute Gasteiger partial charge is 0.486 e.